The van der Waals surface area contributed by atoms with Crippen LogP contribution in [0.3, 0.4) is 0 Å². The lowest BCUT2D eigenvalue weighted by atomic mass is 10.1. The van der Waals surface area contributed by atoms with Crippen LogP contribution >= 0.6 is 0 Å². The maximum atomic E-state index is 11.7. The molecule has 3 heteroatoms. The molecule has 0 fully saturated rings. The Labute approximate surface area is 135 Å². The van der Waals surface area contributed by atoms with E-state index in [2.05, 4.69) is 10.2 Å². The largest absolute Gasteiger partial charge is 0.290 e. The fraction of sp³-hybridized carbons (Fsp3) is 0.0500. The zero-order valence-electron chi connectivity index (χ0n) is 12.6. The van der Waals surface area contributed by atoms with Gasteiger partial charge in [-0.3, -0.25) is 4.79 Å². The van der Waals surface area contributed by atoms with Gasteiger partial charge in [0.05, 0.1) is 11.4 Å². The zero-order chi connectivity index (χ0) is 15.9. The van der Waals surface area contributed by atoms with Gasteiger partial charge in [-0.15, -0.1) is 0 Å². The predicted octanol–water partition coefficient (Wildman–Crippen LogP) is 5.27. The van der Waals surface area contributed by atoms with Gasteiger partial charge in [-0.1, -0.05) is 66.8 Å². The molecule has 0 saturated carbocycles. The second-order valence-corrected chi connectivity index (χ2v) is 5.11. The molecule has 0 amide bonds. The van der Waals surface area contributed by atoms with Gasteiger partial charge in [-0.2, -0.15) is 10.2 Å². The summed E-state index contributed by atoms with van der Waals surface area (Å²) in [5.41, 5.74) is 3.31. The van der Waals surface area contributed by atoms with Crippen LogP contribution < -0.4 is 0 Å². The van der Waals surface area contributed by atoms with E-state index in [1.54, 1.807) is 12.2 Å². The Morgan fingerprint density at radius 1 is 0.957 bits per heavy atom. The predicted molar refractivity (Wildman–Crippen MR) is 92.2 cm³/mol. The van der Waals surface area contributed by atoms with Crippen molar-refractivity contribution in [3.05, 3.63) is 96.1 Å². The number of carbonyl (C=O) groups excluding carboxylic acids is 1. The number of benzene rings is 2. The molecule has 3 nitrogen and oxygen atoms in total. The minimum atomic E-state index is 0.0636. The summed E-state index contributed by atoms with van der Waals surface area (Å²) < 4.78 is 0. The highest BCUT2D eigenvalue weighted by Crippen LogP contribution is 2.22. The van der Waals surface area contributed by atoms with E-state index in [0.29, 0.717) is 6.42 Å². The molecule has 1 aliphatic carbocycles. The maximum absolute atomic E-state index is 11.7. The maximum Gasteiger partial charge on any atom is 0.182 e. The highest BCUT2D eigenvalue weighted by atomic mass is 16.1. The Hall–Kier alpha value is -3.07. The summed E-state index contributed by atoms with van der Waals surface area (Å²) in [6.07, 6.45) is 7.69. The molecule has 0 unspecified atom stereocenters. The molecule has 1 aliphatic rings. The first-order chi connectivity index (χ1) is 11.3. The van der Waals surface area contributed by atoms with Crippen molar-refractivity contribution in [3.63, 3.8) is 0 Å². The van der Waals surface area contributed by atoms with Crippen molar-refractivity contribution in [2.75, 3.05) is 0 Å². The van der Waals surface area contributed by atoms with Crippen LogP contribution in [0.15, 0.2) is 101 Å². The SMILES string of the molecule is O=C1C=CC=C1C/C=C(\N=Nc1ccccc1)c1ccccc1. The van der Waals surface area contributed by atoms with E-state index in [4.69, 9.17) is 0 Å². The van der Waals surface area contributed by atoms with E-state index >= 15 is 0 Å². The van der Waals surface area contributed by atoms with Gasteiger partial charge in [0.15, 0.2) is 5.78 Å². The highest BCUT2D eigenvalue weighted by molar-refractivity contribution is 6.07. The number of rotatable bonds is 5. The van der Waals surface area contributed by atoms with Crippen molar-refractivity contribution >= 4 is 17.2 Å². The molecule has 0 saturated heterocycles. The lowest BCUT2D eigenvalue weighted by Crippen LogP contribution is -1.93. The van der Waals surface area contributed by atoms with Crippen molar-refractivity contribution in [3.8, 4) is 0 Å². The van der Waals surface area contributed by atoms with E-state index in [0.717, 1.165) is 22.5 Å². The van der Waals surface area contributed by atoms with Gasteiger partial charge >= 0.3 is 0 Å². The quantitative estimate of drug-likeness (QED) is 0.694. The van der Waals surface area contributed by atoms with Gasteiger partial charge in [0.1, 0.15) is 0 Å². The second-order valence-electron chi connectivity index (χ2n) is 5.11. The third-order valence-electron chi connectivity index (χ3n) is 3.48. The number of ketones is 1. The average molecular weight is 300 g/mol. The third-order valence-corrected chi connectivity index (χ3v) is 3.48. The first-order valence-electron chi connectivity index (χ1n) is 7.47. The third kappa shape index (κ3) is 3.98. The molecular formula is C20H16N2O. The van der Waals surface area contributed by atoms with E-state index in [1.165, 1.54) is 0 Å². The summed E-state index contributed by atoms with van der Waals surface area (Å²) >= 11 is 0. The molecule has 0 heterocycles. The van der Waals surface area contributed by atoms with E-state index in [-0.39, 0.29) is 5.78 Å². The average Bonchev–Trinajstić information content (AvgIpc) is 3.02. The van der Waals surface area contributed by atoms with Crippen molar-refractivity contribution in [2.45, 2.75) is 6.42 Å². The highest BCUT2D eigenvalue weighted by Gasteiger charge is 2.09. The number of azo groups is 1. The molecule has 112 valence electrons. The molecule has 0 atom stereocenters. The fourth-order valence-corrected chi connectivity index (χ4v) is 2.25. The van der Waals surface area contributed by atoms with E-state index < -0.39 is 0 Å². The number of nitrogens with zero attached hydrogens (tertiary/aromatic N) is 2. The molecule has 0 aromatic heterocycles. The summed E-state index contributed by atoms with van der Waals surface area (Å²) in [5, 5.41) is 8.66. The molecule has 23 heavy (non-hydrogen) atoms. The molecule has 0 aliphatic heterocycles. The Bertz CT molecular complexity index is 800. The van der Waals surface area contributed by atoms with Crippen molar-refractivity contribution in [1.82, 2.24) is 0 Å². The number of allylic oxidation sites excluding steroid dienone is 5. The molecule has 0 N–H and O–H groups in total. The minimum Gasteiger partial charge on any atom is -0.290 e. The van der Waals surface area contributed by atoms with Crippen molar-refractivity contribution in [2.24, 2.45) is 10.2 Å². The Morgan fingerprint density at radius 3 is 2.30 bits per heavy atom. The molecule has 2 aromatic carbocycles. The van der Waals surface area contributed by atoms with Crippen LogP contribution in [0.4, 0.5) is 5.69 Å². The summed E-state index contributed by atoms with van der Waals surface area (Å²) in [6.45, 7) is 0. The molecule has 2 aromatic rings. The van der Waals surface area contributed by atoms with E-state index in [9.17, 15) is 4.79 Å². The van der Waals surface area contributed by atoms with Gasteiger partial charge in [0.25, 0.3) is 0 Å². The summed E-state index contributed by atoms with van der Waals surface area (Å²) in [6, 6.07) is 19.4. The Kier molecular flexibility index (Phi) is 4.69. The summed E-state index contributed by atoms with van der Waals surface area (Å²) in [7, 11) is 0. The van der Waals surface area contributed by atoms with E-state index in [1.807, 2.05) is 72.8 Å². The normalized spacial score (nSPS) is 14.5. The minimum absolute atomic E-state index is 0.0636. The van der Waals surface area contributed by atoms with Crippen LogP contribution in [0.1, 0.15) is 12.0 Å². The van der Waals surface area contributed by atoms with Gasteiger partial charge in [0.2, 0.25) is 0 Å². The first-order valence-corrected chi connectivity index (χ1v) is 7.47. The van der Waals surface area contributed by atoms with Crippen molar-refractivity contribution in [1.29, 1.82) is 0 Å². The van der Waals surface area contributed by atoms with Gasteiger partial charge in [-0.25, -0.2) is 0 Å². The summed E-state index contributed by atoms with van der Waals surface area (Å²) in [4.78, 5) is 11.7. The number of carbonyl (C=O) groups is 1. The molecular weight excluding hydrogens is 284 g/mol. The van der Waals surface area contributed by atoms with Crippen LogP contribution in [-0.4, -0.2) is 5.78 Å². The Balaban J connectivity index is 1.85. The molecule has 0 radical (unpaired) electrons. The Morgan fingerprint density at radius 2 is 1.65 bits per heavy atom. The standard InChI is InChI=1S/C20H16N2O/c23-20-13-7-10-17(20)14-15-19(16-8-3-1-4-9-16)22-21-18-11-5-2-6-12-18/h1-13,15H,14H2/b19-15-,22-21?. The lowest BCUT2D eigenvalue weighted by molar-refractivity contribution is -0.111. The van der Waals surface area contributed by atoms with Crippen LogP contribution in [0.25, 0.3) is 5.70 Å². The zero-order valence-corrected chi connectivity index (χ0v) is 12.6. The summed E-state index contributed by atoms with van der Waals surface area (Å²) in [5.74, 6) is 0.0636. The van der Waals surface area contributed by atoms with Crippen LogP contribution in [0.2, 0.25) is 0 Å². The first kappa shape index (κ1) is 14.9. The second kappa shape index (κ2) is 7.27. The monoisotopic (exact) mass is 300 g/mol. The molecule has 3 rings (SSSR count). The molecule has 0 bridgehead atoms. The number of hydrogen-bond donors (Lipinski definition) is 0. The van der Waals surface area contributed by atoms with Crippen molar-refractivity contribution < 1.29 is 4.79 Å². The lowest BCUT2D eigenvalue weighted by Gasteiger charge is -2.02. The van der Waals surface area contributed by atoms with Gasteiger partial charge in [-0.05, 0) is 24.6 Å². The van der Waals surface area contributed by atoms with Gasteiger partial charge in [0, 0.05) is 11.1 Å². The van der Waals surface area contributed by atoms with Crippen LogP contribution in [0, 0.1) is 0 Å². The fourth-order valence-electron chi connectivity index (χ4n) is 2.25. The smallest absolute Gasteiger partial charge is 0.182 e. The number of hydrogen-bond acceptors (Lipinski definition) is 3. The van der Waals surface area contributed by atoms with Gasteiger partial charge < -0.3 is 0 Å². The van der Waals surface area contributed by atoms with Crippen LogP contribution in [0.5, 0.6) is 0 Å². The molecule has 0 spiro atoms. The topological polar surface area (TPSA) is 41.8 Å². The van der Waals surface area contributed by atoms with Crippen LogP contribution in [-0.2, 0) is 4.79 Å².